The van der Waals surface area contributed by atoms with Crippen LogP contribution < -0.4 is 11.5 Å². The Morgan fingerprint density at radius 1 is 0.864 bits per heavy atom. The largest absolute Gasteiger partial charge is 0.465 e. The number of carbonyl (C=O) groups is 2. The van der Waals surface area contributed by atoms with Crippen LogP contribution in [0.1, 0.15) is 26.7 Å². The number of unbranched alkanes of at least 4 members (excludes halogenated alkanes) is 1. The number of thioether (sulfide) groups is 2. The second-order valence-electron chi connectivity index (χ2n) is 4.57. The van der Waals surface area contributed by atoms with Crippen molar-refractivity contribution in [3.63, 3.8) is 0 Å². The van der Waals surface area contributed by atoms with E-state index >= 15 is 0 Å². The van der Waals surface area contributed by atoms with Crippen molar-refractivity contribution in [2.75, 3.05) is 36.2 Å². The first kappa shape index (κ1) is 21.6. The van der Waals surface area contributed by atoms with Crippen LogP contribution in [0.5, 0.6) is 0 Å². The van der Waals surface area contributed by atoms with Crippen molar-refractivity contribution in [2.24, 2.45) is 11.5 Å². The smallest absolute Gasteiger partial charge is 0.323 e. The molecule has 4 N–H and O–H groups in total. The molecular weight excluding hydrogens is 324 g/mol. The average molecular weight is 353 g/mol. The molecule has 0 amide bonds. The van der Waals surface area contributed by atoms with Crippen LogP contribution in [0.25, 0.3) is 0 Å². The van der Waals surface area contributed by atoms with Crippen molar-refractivity contribution in [1.29, 1.82) is 0 Å². The standard InChI is InChI=1S/C14H28N2O4S2/c1-3-19-13(17)11(15)9-21-7-5-6-8-22-10-12(16)14(18)20-4-2/h11-12H,3-10,15-16H2,1-2H3. The van der Waals surface area contributed by atoms with Gasteiger partial charge in [0.15, 0.2) is 0 Å². The van der Waals surface area contributed by atoms with Gasteiger partial charge >= 0.3 is 11.9 Å². The van der Waals surface area contributed by atoms with E-state index in [0.29, 0.717) is 24.7 Å². The minimum Gasteiger partial charge on any atom is -0.465 e. The molecule has 0 bridgehead atoms. The van der Waals surface area contributed by atoms with Gasteiger partial charge in [0.2, 0.25) is 0 Å². The van der Waals surface area contributed by atoms with E-state index in [1.54, 1.807) is 37.4 Å². The van der Waals surface area contributed by atoms with Crippen LogP contribution >= 0.6 is 23.5 Å². The van der Waals surface area contributed by atoms with Gasteiger partial charge in [-0.1, -0.05) is 0 Å². The highest BCUT2D eigenvalue weighted by Crippen LogP contribution is 2.11. The summed E-state index contributed by atoms with van der Waals surface area (Å²) in [7, 11) is 0. The number of carbonyl (C=O) groups excluding carboxylic acids is 2. The molecule has 8 heteroatoms. The molecule has 22 heavy (non-hydrogen) atoms. The Hall–Kier alpha value is -0.440. The number of rotatable bonds is 13. The van der Waals surface area contributed by atoms with E-state index in [9.17, 15) is 9.59 Å². The molecule has 0 aromatic heterocycles. The molecular formula is C14H28N2O4S2. The zero-order valence-corrected chi connectivity index (χ0v) is 15.0. The average Bonchev–Trinajstić information content (AvgIpc) is 2.49. The van der Waals surface area contributed by atoms with Crippen LogP contribution in [0.15, 0.2) is 0 Å². The molecule has 0 radical (unpaired) electrons. The molecule has 0 aliphatic carbocycles. The number of hydrogen-bond acceptors (Lipinski definition) is 8. The maximum atomic E-state index is 11.3. The summed E-state index contributed by atoms with van der Waals surface area (Å²) < 4.78 is 9.69. The Labute approximate surface area is 141 Å². The van der Waals surface area contributed by atoms with E-state index < -0.39 is 12.1 Å². The fourth-order valence-corrected chi connectivity index (χ4v) is 3.39. The van der Waals surface area contributed by atoms with Gasteiger partial charge in [-0.3, -0.25) is 9.59 Å². The molecule has 0 spiro atoms. The van der Waals surface area contributed by atoms with Crippen molar-refractivity contribution in [1.82, 2.24) is 0 Å². The SMILES string of the molecule is CCOC(=O)C(N)CSCCCCSCC(N)C(=O)OCC. The van der Waals surface area contributed by atoms with Crippen LogP contribution in [0, 0.1) is 0 Å². The summed E-state index contributed by atoms with van der Waals surface area (Å²) in [4.78, 5) is 22.6. The minimum absolute atomic E-state index is 0.335. The fourth-order valence-electron chi connectivity index (χ4n) is 1.46. The van der Waals surface area contributed by atoms with Gasteiger partial charge in [0.25, 0.3) is 0 Å². The summed E-state index contributed by atoms with van der Waals surface area (Å²) in [5.74, 6) is 2.41. The summed E-state index contributed by atoms with van der Waals surface area (Å²) in [6.45, 7) is 4.26. The zero-order valence-electron chi connectivity index (χ0n) is 13.4. The van der Waals surface area contributed by atoms with E-state index in [1.807, 2.05) is 0 Å². The summed E-state index contributed by atoms with van der Waals surface area (Å²) in [5, 5.41) is 0. The third kappa shape index (κ3) is 11.2. The van der Waals surface area contributed by atoms with Crippen LogP contribution in [0.4, 0.5) is 0 Å². The molecule has 0 aliphatic rings. The van der Waals surface area contributed by atoms with Gasteiger partial charge in [0, 0.05) is 11.5 Å². The Morgan fingerprint density at radius 3 is 1.55 bits per heavy atom. The third-order valence-electron chi connectivity index (χ3n) is 2.60. The summed E-state index contributed by atoms with van der Waals surface area (Å²) in [6.07, 6.45) is 2.09. The van der Waals surface area contributed by atoms with Crippen molar-refractivity contribution in [2.45, 2.75) is 38.8 Å². The molecule has 6 nitrogen and oxygen atoms in total. The lowest BCUT2D eigenvalue weighted by Crippen LogP contribution is -2.34. The minimum atomic E-state index is -0.540. The van der Waals surface area contributed by atoms with Gasteiger partial charge in [0.05, 0.1) is 13.2 Å². The van der Waals surface area contributed by atoms with E-state index in [0.717, 1.165) is 24.3 Å². The first-order valence-corrected chi connectivity index (χ1v) is 9.83. The summed E-state index contributed by atoms with van der Waals surface area (Å²) in [6, 6.07) is -1.08. The highest BCUT2D eigenvalue weighted by atomic mass is 32.2. The fraction of sp³-hybridized carbons (Fsp3) is 0.857. The molecule has 0 fully saturated rings. The first-order chi connectivity index (χ1) is 10.5. The predicted octanol–water partition coefficient (Wildman–Crippen LogP) is 1.01. The van der Waals surface area contributed by atoms with E-state index in [4.69, 9.17) is 20.9 Å². The number of hydrogen-bond donors (Lipinski definition) is 2. The molecule has 0 aromatic rings. The topological polar surface area (TPSA) is 105 Å². The van der Waals surface area contributed by atoms with Crippen molar-refractivity contribution >= 4 is 35.5 Å². The highest BCUT2D eigenvalue weighted by molar-refractivity contribution is 7.99. The summed E-state index contributed by atoms with van der Waals surface area (Å²) in [5.41, 5.74) is 11.4. The lowest BCUT2D eigenvalue weighted by atomic mass is 10.4. The van der Waals surface area contributed by atoms with E-state index in [-0.39, 0.29) is 11.9 Å². The van der Waals surface area contributed by atoms with E-state index in [1.165, 1.54) is 0 Å². The van der Waals surface area contributed by atoms with Gasteiger partial charge in [-0.15, -0.1) is 0 Å². The Balaban J connectivity index is 3.44. The van der Waals surface area contributed by atoms with Crippen LogP contribution in [-0.4, -0.2) is 60.2 Å². The molecule has 2 atom stereocenters. The monoisotopic (exact) mass is 352 g/mol. The predicted molar refractivity (Wildman–Crippen MR) is 93.1 cm³/mol. The van der Waals surface area contributed by atoms with Crippen LogP contribution in [0.2, 0.25) is 0 Å². The number of esters is 2. The van der Waals surface area contributed by atoms with Gasteiger partial charge in [-0.25, -0.2) is 0 Å². The number of nitrogens with two attached hydrogens (primary N) is 2. The molecule has 0 saturated heterocycles. The second kappa shape index (κ2) is 14.2. The Kier molecular flexibility index (Phi) is 13.9. The Bertz CT molecular complexity index is 289. The zero-order chi connectivity index (χ0) is 16.8. The summed E-state index contributed by atoms with van der Waals surface area (Å²) >= 11 is 3.31. The van der Waals surface area contributed by atoms with Crippen LogP contribution in [-0.2, 0) is 19.1 Å². The molecule has 0 heterocycles. The van der Waals surface area contributed by atoms with Crippen molar-refractivity contribution in [3.05, 3.63) is 0 Å². The Morgan fingerprint density at radius 2 is 1.23 bits per heavy atom. The van der Waals surface area contributed by atoms with Crippen molar-refractivity contribution < 1.29 is 19.1 Å². The second-order valence-corrected chi connectivity index (χ2v) is 6.87. The first-order valence-electron chi connectivity index (χ1n) is 7.52. The molecule has 2 unspecified atom stereocenters. The maximum absolute atomic E-state index is 11.3. The van der Waals surface area contributed by atoms with Crippen molar-refractivity contribution in [3.8, 4) is 0 Å². The highest BCUT2D eigenvalue weighted by Gasteiger charge is 2.14. The van der Waals surface area contributed by atoms with Gasteiger partial charge < -0.3 is 20.9 Å². The molecule has 0 aromatic carbocycles. The lowest BCUT2D eigenvalue weighted by molar-refractivity contribution is -0.144. The maximum Gasteiger partial charge on any atom is 0.323 e. The lowest BCUT2D eigenvalue weighted by Gasteiger charge is -2.10. The quantitative estimate of drug-likeness (QED) is 0.374. The third-order valence-corrected chi connectivity index (χ3v) is 4.95. The number of ether oxygens (including phenoxy) is 2. The van der Waals surface area contributed by atoms with E-state index in [2.05, 4.69) is 0 Å². The molecule has 0 aliphatic heterocycles. The van der Waals surface area contributed by atoms with Crippen LogP contribution in [0.3, 0.4) is 0 Å². The van der Waals surface area contributed by atoms with Gasteiger partial charge in [-0.05, 0) is 38.2 Å². The van der Waals surface area contributed by atoms with Gasteiger partial charge in [-0.2, -0.15) is 23.5 Å². The molecule has 0 saturated carbocycles. The molecule has 0 rings (SSSR count). The molecule has 130 valence electrons. The van der Waals surface area contributed by atoms with Gasteiger partial charge in [0.1, 0.15) is 12.1 Å². The normalized spacial score (nSPS) is 13.5.